The summed E-state index contributed by atoms with van der Waals surface area (Å²) in [5.74, 6) is 0. The van der Waals surface area contributed by atoms with E-state index in [0.717, 1.165) is 19.4 Å². The zero-order valence-corrected chi connectivity index (χ0v) is 12.7. The lowest BCUT2D eigenvalue weighted by Gasteiger charge is -2.05. The second-order valence-electron chi connectivity index (χ2n) is 4.45. The number of aromatic nitrogens is 2. The summed E-state index contributed by atoms with van der Waals surface area (Å²) in [6, 6.07) is 0. The predicted octanol–water partition coefficient (Wildman–Crippen LogP) is 0.327. The van der Waals surface area contributed by atoms with Gasteiger partial charge in [0.1, 0.15) is 4.90 Å². The van der Waals surface area contributed by atoms with Crippen LogP contribution in [0.5, 0.6) is 0 Å². The van der Waals surface area contributed by atoms with Crippen molar-refractivity contribution in [3.8, 4) is 0 Å². The normalized spacial score (nSPS) is 11.9. The van der Waals surface area contributed by atoms with Gasteiger partial charge in [0, 0.05) is 32.5 Å². The van der Waals surface area contributed by atoms with Gasteiger partial charge in [-0.15, -0.1) is 0 Å². The highest BCUT2D eigenvalue weighted by Crippen LogP contribution is 2.06. The van der Waals surface area contributed by atoms with Crippen LogP contribution < -0.4 is 10.5 Å². The second kappa shape index (κ2) is 9.06. The van der Waals surface area contributed by atoms with E-state index >= 15 is 0 Å². The summed E-state index contributed by atoms with van der Waals surface area (Å²) >= 11 is 0. The number of sulfonamides is 1. The first-order valence-electron chi connectivity index (χ1n) is 6.90. The van der Waals surface area contributed by atoms with Crippen LogP contribution in [-0.4, -0.2) is 44.5 Å². The van der Waals surface area contributed by atoms with Gasteiger partial charge in [-0.3, -0.25) is 4.68 Å². The Bertz CT molecular complexity index is 473. The molecular weight excluding hydrogens is 280 g/mol. The predicted molar refractivity (Wildman–Crippen MR) is 76.8 cm³/mol. The van der Waals surface area contributed by atoms with E-state index in [1.165, 1.54) is 17.1 Å². The topological polar surface area (TPSA) is 99.2 Å². The molecule has 116 valence electrons. The fourth-order valence-electron chi connectivity index (χ4n) is 1.55. The minimum atomic E-state index is -3.48. The third-order valence-corrected chi connectivity index (χ3v) is 4.09. The van der Waals surface area contributed by atoms with Crippen LogP contribution in [0.1, 0.15) is 26.2 Å². The Morgan fingerprint density at radius 2 is 2.15 bits per heavy atom. The number of hydrogen-bond acceptors (Lipinski definition) is 5. The maximum atomic E-state index is 11.9. The van der Waals surface area contributed by atoms with Crippen molar-refractivity contribution in [2.45, 2.75) is 37.6 Å². The van der Waals surface area contributed by atoms with Crippen molar-refractivity contribution in [1.82, 2.24) is 14.5 Å². The molecule has 7 nitrogen and oxygen atoms in total. The summed E-state index contributed by atoms with van der Waals surface area (Å²) < 4.78 is 33.3. The SMILES string of the molecule is CCCCOCCCNS(=O)(=O)c1cnn(CCN)c1. The lowest BCUT2D eigenvalue weighted by molar-refractivity contribution is 0.130. The molecule has 0 atom stereocenters. The fourth-order valence-corrected chi connectivity index (χ4v) is 2.58. The zero-order chi connectivity index (χ0) is 14.8. The molecule has 0 bridgehead atoms. The van der Waals surface area contributed by atoms with Crippen molar-refractivity contribution in [2.75, 3.05) is 26.3 Å². The van der Waals surface area contributed by atoms with Crippen LogP contribution in [0, 0.1) is 0 Å². The number of hydrogen-bond donors (Lipinski definition) is 2. The number of nitrogens with one attached hydrogen (secondary N) is 1. The van der Waals surface area contributed by atoms with Crippen LogP contribution in [0.25, 0.3) is 0 Å². The number of ether oxygens (including phenoxy) is 1. The average Bonchev–Trinajstić information content (AvgIpc) is 2.88. The molecule has 1 aromatic rings. The Morgan fingerprint density at radius 1 is 1.40 bits per heavy atom. The van der Waals surface area contributed by atoms with Gasteiger partial charge >= 0.3 is 0 Å². The Balaban J connectivity index is 2.30. The Kier molecular flexibility index (Phi) is 7.75. The van der Waals surface area contributed by atoms with Crippen LogP contribution in [0.4, 0.5) is 0 Å². The molecule has 0 radical (unpaired) electrons. The monoisotopic (exact) mass is 304 g/mol. The van der Waals surface area contributed by atoms with Crippen molar-refractivity contribution >= 4 is 10.0 Å². The molecule has 3 N–H and O–H groups in total. The molecule has 0 aromatic carbocycles. The van der Waals surface area contributed by atoms with Crippen LogP contribution in [0.15, 0.2) is 17.3 Å². The highest BCUT2D eigenvalue weighted by molar-refractivity contribution is 7.89. The van der Waals surface area contributed by atoms with Gasteiger partial charge in [0.15, 0.2) is 0 Å². The average molecular weight is 304 g/mol. The molecule has 0 aliphatic rings. The molecule has 0 saturated heterocycles. The van der Waals surface area contributed by atoms with Gasteiger partial charge in [-0.2, -0.15) is 5.10 Å². The van der Waals surface area contributed by atoms with Gasteiger partial charge < -0.3 is 10.5 Å². The Hall–Kier alpha value is -0.960. The van der Waals surface area contributed by atoms with Crippen LogP contribution >= 0.6 is 0 Å². The molecule has 0 fully saturated rings. The van der Waals surface area contributed by atoms with Gasteiger partial charge in [-0.05, 0) is 12.8 Å². The van der Waals surface area contributed by atoms with Crippen LogP contribution in [0.2, 0.25) is 0 Å². The summed E-state index contributed by atoms with van der Waals surface area (Å²) in [6.07, 6.45) is 5.59. The standard InChI is InChI=1S/C12H24N4O3S/c1-2-3-8-19-9-4-6-15-20(17,18)12-10-14-16(11-12)7-5-13/h10-11,15H,2-9,13H2,1H3. The smallest absolute Gasteiger partial charge is 0.243 e. The first kappa shape index (κ1) is 17.1. The van der Waals surface area contributed by atoms with Crippen molar-refractivity contribution in [2.24, 2.45) is 5.73 Å². The van der Waals surface area contributed by atoms with Gasteiger partial charge in [0.05, 0.1) is 12.7 Å². The summed E-state index contributed by atoms with van der Waals surface area (Å²) in [4.78, 5) is 0.165. The molecule has 1 aromatic heterocycles. The van der Waals surface area contributed by atoms with Gasteiger partial charge in [-0.25, -0.2) is 13.1 Å². The summed E-state index contributed by atoms with van der Waals surface area (Å²) in [6.45, 7) is 4.67. The van der Waals surface area contributed by atoms with E-state index in [-0.39, 0.29) is 4.90 Å². The first-order valence-corrected chi connectivity index (χ1v) is 8.38. The zero-order valence-electron chi connectivity index (χ0n) is 11.9. The van der Waals surface area contributed by atoms with Crippen LogP contribution in [-0.2, 0) is 21.3 Å². The summed E-state index contributed by atoms with van der Waals surface area (Å²) in [5, 5.41) is 3.94. The van der Waals surface area contributed by atoms with Crippen molar-refractivity contribution < 1.29 is 13.2 Å². The molecule has 8 heteroatoms. The van der Waals surface area contributed by atoms with Crippen molar-refractivity contribution in [3.63, 3.8) is 0 Å². The first-order chi connectivity index (χ1) is 9.60. The summed E-state index contributed by atoms with van der Waals surface area (Å²) in [7, 11) is -3.48. The van der Waals surface area contributed by atoms with Crippen LogP contribution in [0.3, 0.4) is 0 Å². The highest BCUT2D eigenvalue weighted by atomic mass is 32.2. The minimum absolute atomic E-state index is 0.165. The van der Waals surface area contributed by atoms with E-state index in [1.807, 2.05) is 0 Å². The number of nitrogens with zero attached hydrogens (tertiary/aromatic N) is 2. The van der Waals surface area contributed by atoms with Crippen molar-refractivity contribution in [1.29, 1.82) is 0 Å². The second-order valence-corrected chi connectivity index (χ2v) is 6.21. The molecule has 0 saturated carbocycles. The maximum Gasteiger partial charge on any atom is 0.243 e. The molecule has 20 heavy (non-hydrogen) atoms. The molecular formula is C12H24N4O3S. The van der Waals surface area contributed by atoms with Crippen molar-refractivity contribution in [3.05, 3.63) is 12.4 Å². The van der Waals surface area contributed by atoms with E-state index in [4.69, 9.17) is 10.5 Å². The van der Waals surface area contributed by atoms with Gasteiger partial charge in [0.25, 0.3) is 0 Å². The third kappa shape index (κ3) is 6.00. The molecule has 0 aliphatic heterocycles. The number of nitrogens with two attached hydrogens (primary N) is 1. The lowest BCUT2D eigenvalue weighted by Crippen LogP contribution is -2.25. The van der Waals surface area contributed by atoms with E-state index in [0.29, 0.717) is 32.7 Å². The Labute approximate surface area is 120 Å². The quantitative estimate of drug-likeness (QED) is 0.574. The van der Waals surface area contributed by atoms with E-state index in [1.54, 1.807) is 0 Å². The maximum absolute atomic E-state index is 11.9. The van der Waals surface area contributed by atoms with Gasteiger partial charge in [-0.1, -0.05) is 13.3 Å². The fraction of sp³-hybridized carbons (Fsp3) is 0.750. The number of unbranched alkanes of at least 4 members (excludes halogenated alkanes) is 1. The number of rotatable bonds is 11. The molecule has 1 rings (SSSR count). The molecule has 0 spiro atoms. The third-order valence-electron chi connectivity index (χ3n) is 2.68. The van der Waals surface area contributed by atoms with Gasteiger partial charge in [0.2, 0.25) is 10.0 Å². The molecule has 1 heterocycles. The molecule has 0 unspecified atom stereocenters. The van der Waals surface area contributed by atoms with E-state index in [9.17, 15) is 8.42 Å². The molecule has 0 aliphatic carbocycles. The molecule has 0 amide bonds. The van der Waals surface area contributed by atoms with E-state index < -0.39 is 10.0 Å². The van der Waals surface area contributed by atoms with E-state index in [2.05, 4.69) is 16.7 Å². The lowest BCUT2D eigenvalue weighted by atomic mass is 10.4. The Morgan fingerprint density at radius 3 is 2.85 bits per heavy atom. The highest BCUT2D eigenvalue weighted by Gasteiger charge is 2.15. The summed E-state index contributed by atoms with van der Waals surface area (Å²) in [5.41, 5.74) is 5.39. The largest absolute Gasteiger partial charge is 0.381 e. The minimum Gasteiger partial charge on any atom is -0.381 e.